The van der Waals surface area contributed by atoms with E-state index in [1.54, 1.807) is 59.5 Å². The van der Waals surface area contributed by atoms with E-state index < -0.39 is 17.9 Å². The van der Waals surface area contributed by atoms with E-state index in [0.717, 1.165) is 24.1 Å². The summed E-state index contributed by atoms with van der Waals surface area (Å²) in [5.74, 6) is -1.73. The lowest BCUT2D eigenvalue weighted by Crippen LogP contribution is -2.49. The number of carboxylic acid groups (broad SMARTS) is 1. The predicted molar refractivity (Wildman–Crippen MR) is 161 cm³/mol. The number of hydrogen-bond donors (Lipinski definition) is 3. The Morgan fingerprint density at radius 1 is 0.930 bits per heavy atom. The normalized spacial score (nSPS) is 15.3. The highest BCUT2D eigenvalue weighted by Crippen LogP contribution is 2.34. The summed E-state index contributed by atoms with van der Waals surface area (Å²) >= 11 is 0. The summed E-state index contributed by atoms with van der Waals surface area (Å²) in [5.41, 5.74) is 4.27. The molecule has 43 heavy (non-hydrogen) atoms. The topological polar surface area (TPSA) is 143 Å². The van der Waals surface area contributed by atoms with Crippen LogP contribution in [0.3, 0.4) is 0 Å². The van der Waals surface area contributed by atoms with Gasteiger partial charge in [-0.2, -0.15) is 5.26 Å². The fourth-order valence-corrected chi connectivity index (χ4v) is 5.12. The molecule has 1 aliphatic heterocycles. The van der Waals surface area contributed by atoms with Crippen LogP contribution >= 0.6 is 0 Å². The second-order valence-corrected chi connectivity index (χ2v) is 11.0. The summed E-state index contributed by atoms with van der Waals surface area (Å²) in [5, 5.41) is 24.3. The number of amides is 3. The molecule has 1 atom stereocenters. The smallest absolute Gasteiger partial charge is 0.305 e. The molecule has 2 fully saturated rings. The Kier molecular flexibility index (Phi) is 8.71. The molecule has 3 amide bonds. The molecule has 1 saturated carbocycles. The van der Waals surface area contributed by atoms with Crippen LogP contribution in [0.5, 0.6) is 0 Å². The van der Waals surface area contributed by atoms with Crippen molar-refractivity contribution in [1.82, 2.24) is 10.2 Å². The molecule has 1 heterocycles. The first-order chi connectivity index (χ1) is 20.7. The SMILES string of the molecule is Cc1ccc(C(CC(=O)O)NC(=O)c2ccc(N3CCN(C(=O)c4ccc(C#N)cc4)CC3)c(NC(=O)C3CC3)c2)cc1. The van der Waals surface area contributed by atoms with Gasteiger partial charge in [0, 0.05) is 43.2 Å². The second-order valence-electron chi connectivity index (χ2n) is 11.0. The van der Waals surface area contributed by atoms with Gasteiger partial charge in [0.15, 0.2) is 0 Å². The van der Waals surface area contributed by atoms with Crippen molar-refractivity contribution in [3.05, 3.63) is 94.5 Å². The minimum absolute atomic E-state index is 0.0475. The van der Waals surface area contributed by atoms with Gasteiger partial charge in [-0.3, -0.25) is 19.2 Å². The Bertz CT molecular complexity index is 1570. The average Bonchev–Trinajstić information content (AvgIpc) is 3.87. The predicted octanol–water partition coefficient (Wildman–Crippen LogP) is 4.12. The van der Waals surface area contributed by atoms with Gasteiger partial charge in [0.25, 0.3) is 11.8 Å². The molecule has 10 nitrogen and oxygen atoms in total. The zero-order valence-electron chi connectivity index (χ0n) is 23.9. The number of carbonyl (C=O) groups excluding carboxylic acids is 3. The third-order valence-electron chi connectivity index (χ3n) is 7.80. The van der Waals surface area contributed by atoms with Gasteiger partial charge in [0.05, 0.1) is 35.5 Å². The van der Waals surface area contributed by atoms with Crippen molar-refractivity contribution in [2.75, 3.05) is 36.4 Å². The van der Waals surface area contributed by atoms with Crippen LogP contribution in [0.2, 0.25) is 0 Å². The molecular weight excluding hydrogens is 546 g/mol. The minimum Gasteiger partial charge on any atom is -0.481 e. The van der Waals surface area contributed by atoms with Crippen molar-refractivity contribution in [2.45, 2.75) is 32.2 Å². The summed E-state index contributed by atoms with van der Waals surface area (Å²) in [6.45, 7) is 3.90. The monoisotopic (exact) mass is 579 g/mol. The van der Waals surface area contributed by atoms with Crippen molar-refractivity contribution in [3.63, 3.8) is 0 Å². The van der Waals surface area contributed by atoms with Gasteiger partial charge in [-0.05, 0) is 67.8 Å². The van der Waals surface area contributed by atoms with Crippen LogP contribution in [0.1, 0.15) is 62.7 Å². The highest BCUT2D eigenvalue weighted by Gasteiger charge is 2.31. The van der Waals surface area contributed by atoms with Crippen molar-refractivity contribution in [1.29, 1.82) is 5.26 Å². The van der Waals surface area contributed by atoms with Gasteiger partial charge in [-0.15, -0.1) is 0 Å². The minimum atomic E-state index is -1.03. The summed E-state index contributed by atoms with van der Waals surface area (Å²) in [6, 6.07) is 20.3. The van der Waals surface area contributed by atoms with E-state index in [9.17, 15) is 24.3 Å². The highest BCUT2D eigenvalue weighted by molar-refractivity contribution is 6.01. The van der Waals surface area contributed by atoms with Crippen LogP contribution in [0.4, 0.5) is 11.4 Å². The summed E-state index contributed by atoms with van der Waals surface area (Å²) in [7, 11) is 0. The lowest BCUT2D eigenvalue weighted by Gasteiger charge is -2.37. The number of nitrogens with zero attached hydrogens (tertiary/aromatic N) is 3. The van der Waals surface area contributed by atoms with E-state index in [-0.39, 0.29) is 24.2 Å². The fraction of sp³-hybridized carbons (Fsp3) is 0.303. The first-order valence-corrected chi connectivity index (χ1v) is 14.3. The zero-order valence-corrected chi connectivity index (χ0v) is 23.9. The first kappa shape index (κ1) is 29.3. The number of piperazine rings is 1. The number of anilines is 2. The number of benzene rings is 3. The lowest BCUT2D eigenvalue weighted by molar-refractivity contribution is -0.137. The lowest BCUT2D eigenvalue weighted by atomic mass is 10.0. The van der Waals surface area contributed by atoms with E-state index in [2.05, 4.69) is 21.6 Å². The van der Waals surface area contributed by atoms with E-state index in [1.807, 2.05) is 19.1 Å². The Morgan fingerprint density at radius 3 is 2.19 bits per heavy atom. The molecule has 0 radical (unpaired) electrons. The van der Waals surface area contributed by atoms with Crippen LogP contribution < -0.4 is 15.5 Å². The summed E-state index contributed by atoms with van der Waals surface area (Å²) in [4.78, 5) is 54.5. The molecule has 0 aromatic heterocycles. The van der Waals surface area contributed by atoms with Crippen LogP contribution in [-0.4, -0.2) is 59.9 Å². The molecule has 10 heteroatoms. The van der Waals surface area contributed by atoms with E-state index in [0.29, 0.717) is 54.1 Å². The van der Waals surface area contributed by atoms with Gasteiger partial charge in [-0.25, -0.2) is 0 Å². The molecule has 2 aliphatic rings. The molecule has 1 aliphatic carbocycles. The molecule has 5 rings (SSSR count). The number of rotatable bonds is 9. The standard InChI is InChI=1S/C33H33N5O5/c1-21-2-6-23(7-3-21)27(19-30(39)40)35-32(42)26-12-13-29(28(18-26)36-31(41)24-10-11-24)37-14-16-38(17-15-37)33(43)25-8-4-22(20-34)5-9-25/h2-9,12-13,18,24,27H,10-11,14-17,19H2,1H3,(H,35,42)(H,36,41)(H,39,40). The number of hydrogen-bond acceptors (Lipinski definition) is 6. The maximum atomic E-state index is 13.3. The van der Waals surface area contributed by atoms with Gasteiger partial charge in [0.1, 0.15) is 0 Å². The van der Waals surface area contributed by atoms with Crippen molar-refractivity contribution >= 4 is 35.1 Å². The largest absolute Gasteiger partial charge is 0.481 e. The molecule has 3 aromatic rings. The second kappa shape index (κ2) is 12.8. The van der Waals surface area contributed by atoms with E-state index >= 15 is 0 Å². The van der Waals surface area contributed by atoms with Gasteiger partial charge < -0.3 is 25.5 Å². The Labute approximate surface area is 249 Å². The van der Waals surface area contributed by atoms with Crippen LogP contribution in [0.15, 0.2) is 66.7 Å². The van der Waals surface area contributed by atoms with Crippen LogP contribution in [-0.2, 0) is 9.59 Å². The Hall–Kier alpha value is -5.17. The van der Waals surface area contributed by atoms with Crippen molar-refractivity contribution in [2.24, 2.45) is 5.92 Å². The molecule has 1 unspecified atom stereocenters. The molecule has 3 N–H and O–H groups in total. The maximum Gasteiger partial charge on any atom is 0.305 e. The van der Waals surface area contributed by atoms with E-state index in [1.165, 1.54) is 0 Å². The number of aryl methyl sites for hydroxylation is 1. The molecule has 0 bridgehead atoms. The van der Waals surface area contributed by atoms with Crippen molar-refractivity contribution < 1.29 is 24.3 Å². The molecule has 3 aromatic carbocycles. The zero-order chi connectivity index (χ0) is 30.5. The number of carbonyl (C=O) groups is 4. The number of aliphatic carboxylic acids is 1. The van der Waals surface area contributed by atoms with Gasteiger partial charge in [0.2, 0.25) is 5.91 Å². The quantitative estimate of drug-likeness (QED) is 0.346. The third-order valence-corrected chi connectivity index (χ3v) is 7.80. The fourth-order valence-electron chi connectivity index (χ4n) is 5.12. The van der Waals surface area contributed by atoms with Gasteiger partial charge >= 0.3 is 5.97 Å². The Balaban J connectivity index is 1.32. The van der Waals surface area contributed by atoms with Crippen LogP contribution in [0.25, 0.3) is 0 Å². The first-order valence-electron chi connectivity index (χ1n) is 14.3. The number of nitriles is 1. The van der Waals surface area contributed by atoms with Gasteiger partial charge in [-0.1, -0.05) is 29.8 Å². The molecule has 0 spiro atoms. The van der Waals surface area contributed by atoms with Crippen molar-refractivity contribution in [3.8, 4) is 6.07 Å². The molecule has 220 valence electrons. The number of carboxylic acids is 1. The Morgan fingerprint density at radius 2 is 1.58 bits per heavy atom. The third kappa shape index (κ3) is 7.19. The molecular formula is C33H33N5O5. The van der Waals surface area contributed by atoms with E-state index in [4.69, 9.17) is 5.26 Å². The summed E-state index contributed by atoms with van der Waals surface area (Å²) in [6.07, 6.45) is 1.37. The average molecular weight is 580 g/mol. The molecule has 1 saturated heterocycles. The summed E-state index contributed by atoms with van der Waals surface area (Å²) < 4.78 is 0. The maximum absolute atomic E-state index is 13.3. The number of nitrogens with one attached hydrogen (secondary N) is 2. The highest BCUT2D eigenvalue weighted by atomic mass is 16.4. The van der Waals surface area contributed by atoms with Crippen LogP contribution in [0, 0.1) is 24.2 Å².